The Morgan fingerprint density at radius 2 is 1.89 bits per heavy atom. The molecule has 1 N–H and O–H groups in total. The predicted octanol–water partition coefficient (Wildman–Crippen LogP) is 6.42. The standard InChI is InChI=1S/C27H21F2N3O4S/c1-15-23(20-7-3-4-8-21(20)30-15)24(33)16(2)37-27-31-22(14-19-6-5-13-35-19)25(34)32(27)17-9-11-18(12-10-17)36-26(28)29/h3-14,16,26,30H,1-2H3/b22-14-. The second-order valence-electron chi connectivity index (χ2n) is 8.25. The van der Waals surface area contributed by atoms with E-state index in [1.54, 1.807) is 19.1 Å². The highest BCUT2D eigenvalue weighted by atomic mass is 32.2. The summed E-state index contributed by atoms with van der Waals surface area (Å²) >= 11 is 1.14. The Labute approximate surface area is 214 Å². The molecule has 188 valence electrons. The maximum Gasteiger partial charge on any atom is 0.387 e. The fourth-order valence-corrected chi connectivity index (χ4v) is 5.08. The summed E-state index contributed by atoms with van der Waals surface area (Å²) in [7, 11) is 0. The van der Waals surface area contributed by atoms with E-state index in [9.17, 15) is 18.4 Å². The van der Waals surface area contributed by atoms with Gasteiger partial charge in [0.2, 0.25) is 0 Å². The lowest BCUT2D eigenvalue weighted by molar-refractivity contribution is -0.113. The number of hydrogen-bond acceptors (Lipinski definition) is 6. The number of halogens is 2. The number of rotatable bonds is 7. The number of ether oxygens (including phenoxy) is 1. The number of ketones is 1. The summed E-state index contributed by atoms with van der Waals surface area (Å²) in [5.41, 5.74) is 2.72. The molecule has 0 radical (unpaired) electrons. The maximum absolute atomic E-state index is 13.5. The summed E-state index contributed by atoms with van der Waals surface area (Å²) in [5.74, 6) is -0.151. The zero-order valence-electron chi connectivity index (χ0n) is 19.8. The van der Waals surface area contributed by atoms with Gasteiger partial charge in [0, 0.05) is 28.2 Å². The minimum atomic E-state index is -2.96. The number of aryl methyl sites for hydroxylation is 1. The molecule has 7 nitrogen and oxygen atoms in total. The molecule has 1 atom stereocenters. The van der Waals surface area contributed by atoms with Crippen LogP contribution >= 0.6 is 11.8 Å². The third-order valence-corrected chi connectivity index (χ3v) is 6.82. The highest BCUT2D eigenvalue weighted by molar-refractivity contribution is 8.15. The Morgan fingerprint density at radius 1 is 1.14 bits per heavy atom. The molecule has 0 aliphatic carbocycles. The van der Waals surface area contributed by atoms with E-state index in [0.29, 0.717) is 17.0 Å². The van der Waals surface area contributed by atoms with Crippen LogP contribution in [-0.4, -0.2) is 33.7 Å². The van der Waals surface area contributed by atoms with Gasteiger partial charge in [-0.1, -0.05) is 30.0 Å². The van der Waals surface area contributed by atoms with E-state index < -0.39 is 17.8 Å². The third kappa shape index (κ3) is 4.92. The van der Waals surface area contributed by atoms with Crippen LogP contribution < -0.4 is 9.64 Å². The molecule has 5 rings (SSSR count). The minimum absolute atomic E-state index is 0.0405. The molecule has 1 aliphatic rings. The van der Waals surface area contributed by atoms with Crippen LogP contribution in [-0.2, 0) is 4.79 Å². The van der Waals surface area contributed by atoms with Gasteiger partial charge in [0.05, 0.1) is 17.2 Å². The zero-order valence-corrected chi connectivity index (χ0v) is 20.6. The van der Waals surface area contributed by atoms with Crippen molar-refractivity contribution in [2.75, 3.05) is 4.90 Å². The number of nitrogens with one attached hydrogen (secondary N) is 1. The maximum atomic E-state index is 13.5. The fraction of sp³-hybridized carbons (Fsp3) is 0.148. The van der Waals surface area contributed by atoms with E-state index in [1.807, 2.05) is 31.2 Å². The van der Waals surface area contributed by atoms with Gasteiger partial charge in [-0.3, -0.25) is 14.5 Å². The third-order valence-electron chi connectivity index (χ3n) is 5.76. The van der Waals surface area contributed by atoms with Gasteiger partial charge < -0.3 is 14.1 Å². The van der Waals surface area contributed by atoms with Gasteiger partial charge in [-0.05, 0) is 56.3 Å². The number of carbonyl (C=O) groups excluding carboxylic acids is 2. The minimum Gasteiger partial charge on any atom is -0.465 e. The predicted molar refractivity (Wildman–Crippen MR) is 139 cm³/mol. The SMILES string of the molecule is Cc1[nH]c2ccccc2c1C(=O)C(C)SC1=N/C(=C\c2ccco2)C(=O)N1c1ccc(OC(F)F)cc1. The number of aromatic amines is 1. The summed E-state index contributed by atoms with van der Waals surface area (Å²) in [6, 6.07) is 16.6. The number of benzene rings is 2. The van der Waals surface area contributed by atoms with E-state index in [2.05, 4.69) is 14.7 Å². The van der Waals surface area contributed by atoms with Crippen molar-refractivity contribution in [3.05, 3.63) is 89.6 Å². The summed E-state index contributed by atoms with van der Waals surface area (Å²) in [4.78, 5) is 36.0. The molecule has 2 aromatic carbocycles. The number of aliphatic imine (C=N–C) groups is 1. The number of aromatic nitrogens is 1. The topological polar surface area (TPSA) is 87.9 Å². The number of para-hydroxylation sites is 1. The first-order valence-corrected chi connectivity index (χ1v) is 12.2. The number of carbonyl (C=O) groups is 2. The average Bonchev–Trinajstić information content (AvgIpc) is 3.57. The van der Waals surface area contributed by atoms with Crippen molar-refractivity contribution < 1.29 is 27.5 Å². The van der Waals surface area contributed by atoms with E-state index in [1.165, 1.54) is 41.5 Å². The van der Waals surface area contributed by atoms with Crippen molar-refractivity contribution in [1.82, 2.24) is 4.98 Å². The molecule has 3 heterocycles. The molecule has 0 spiro atoms. The van der Waals surface area contributed by atoms with Crippen LogP contribution in [0.3, 0.4) is 0 Å². The van der Waals surface area contributed by atoms with Crippen LogP contribution in [0, 0.1) is 6.92 Å². The molecular weight excluding hydrogens is 500 g/mol. The lowest BCUT2D eigenvalue weighted by atomic mass is 10.1. The highest BCUT2D eigenvalue weighted by Crippen LogP contribution is 2.34. The Balaban J connectivity index is 1.47. The van der Waals surface area contributed by atoms with Crippen LogP contribution in [0.2, 0.25) is 0 Å². The molecule has 0 fully saturated rings. The molecule has 0 bridgehead atoms. The van der Waals surface area contributed by atoms with E-state index in [-0.39, 0.29) is 22.4 Å². The second-order valence-corrected chi connectivity index (χ2v) is 9.56. The number of alkyl halides is 2. The summed E-state index contributed by atoms with van der Waals surface area (Å²) in [6.45, 7) is 0.642. The van der Waals surface area contributed by atoms with Gasteiger partial charge in [0.25, 0.3) is 5.91 Å². The molecule has 4 aromatic rings. The number of amides is 1. The van der Waals surface area contributed by atoms with Crippen molar-refractivity contribution in [1.29, 1.82) is 0 Å². The van der Waals surface area contributed by atoms with E-state index >= 15 is 0 Å². The number of amidine groups is 1. The highest BCUT2D eigenvalue weighted by Gasteiger charge is 2.35. The van der Waals surface area contributed by atoms with Crippen LogP contribution in [0.15, 0.2) is 82.0 Å². The molecular formula is C27H21F2N3O4S. The molecule has 2 aromatic heterocycles. The number of anilines is 1. The molecule has 0 saturated heterocycles. The first-order chi connectivity index (χ1) is 17.8. The van der Waals surface area contributed by atoms with E-state index in [4.69, 9.17) is 4.42 Å². The normalized spacial score (nSPS) is 15.6. The number of fused-ring (bicyclic) bond motifs is 1. The quantitative estimate of drug-likeness (QED) is 0.224. The number of H-pyrrole nitrogens is 1. The van der Waals surface area contributed by atoms with Crippen molar-refractivity contribution >= 4 is 51.3 Å². The zero-order chi connectivity index (χ0) is 26.1. The van der Waals surface area contributed by atoms with Gasteiger partial charge in [0.15, 0.2) is 11.0 Å². The van der Waals surface area contributed by atoms with Gasteiger partial charge in [-0.2, -0.15) is 8.78 Å². The second kappa shape index (κ2) is 10.1. The lowest BCUT2D eigenvalue weighted by Crippen LogP contribution is -2.32. The first-order valence-electron chi connectivity index (χ1n) is 11.3. The Bertz CT molecular complexity index is 1530. The average molecular weight is 522 g/mol. The van der Waals surface area contributed by atoms with Crippen molar-refractivity contribution in [3.8, 4) is 5.75 Å². The lowest BCUT2D eigenvalue weighted by Gasteiger charge is -2.20. The number of furan rings is 1. The van der Waals surface area contributed by atoms with Gasteiger partial charge in [-0.25, -0.2) is 4.99 Å². The number of thioether (sulfide) groups is 1. The summed E-state index contributed by atoms with van der Waals surface area (Å²) in [5, 5.41) is 0.520. The van der Waals surface area contributed by atoms with Crippen LogP contribution in [0.1, 0.15) is 28.7 Å². The Kier molecular flexibility index (Phi) is 6.66. The van der Waals surface area contributed by atoms with E-state index in [0.717, 1.165) is 28.4 Å². The molecule has 10 heteroatoms. The first kappa shape index (κ1) is 24.5. The van der Waals surface area contributed by atoms with Crippen LogP contribution in [0.5, 0.6) is 5.75 Å². The Morgan fingerprint density at radius 3 is 2.59 bits per heavy atom. The molecule has 1 amide bonds. The molecule has 37 heavy (non-hydrogen) atoms. The Hall–Kier alpha value is -4.18. The van der Waals surface area contributed by atoms with Gasteiger partial charge in [0.1, 0.15) is 17.2 Å². The monoisotopic (exact) mass is 521 g/mol. The summed E-state index contributed by atoms with van der Waals surface area (Å²) in [6.07, 6.45) is 2.99. The van der Waals surface area contributed by atoms with Crippen LogP contribution in [0.4, 0.5) is 14.5 Å². The van der Waals surface area contributed by atoms with Crippen molar-refractivity contribution in [3.63, 3.8) is 0 Å². The fourth-order valence-electron chi connectivity index (χ4n) is 4.10. The van der Waals surface area contributed by atoms with Crippen molar-refractivity contribution in [2.24, 2.45) is 4.99 Å². The largest absolute Gasteiger partial charge is 0.465 e. The smallest absolute Gasteiger partial charge is 0.387 e. The molecule has 1 unspecified atom stereocenters. The molecule has 0 saturated carbocycles. The van der Waals surface area contributed by atoms with Gasteiger partial charge in [-0.15, -0.1) is 0 Å². The molecule has 1 aliphatic heterocycles. The van der Waals surface area contributed by atoms with Crippen molar-refractivity contribution in [2.45, 2.75) is 25.7 Å². The number of hydrogen-bond donors (Lipinski definition) is 1. The summed E-state index contributed by atoms with van der Waals surface area (Å²) < 4.78 is 34.9. The number of nitrogens with zero attached hydrogens (tertiary/aromatic N) is 2. The van der Waals surface area contributed by atoms with Gasteiger partial charge >= 0.3 is 6.61 Å². The number of Topliss-reactive ketones (excluding diaryl/α,β-unsaturated/α-hetero) is 1. The van der Waals surface area contributed by atoms with Crippen LogP contribution in [0.25, 0.3) is 17.0 Å².